The van der Waals surface area contributed by atoms with Crippen LogP contribution in [0, 0.1) is 5.92 Å². The van der Waals surface area contributed by atoms with E-state index in [1.165, 1.54) is 6.26 Å². The molecule has 1 N–H and O–H groups in total. The van der Waals surface area contributed by atoms with E-state index in [4.69, 9.17) is 0 Å². The molecule has 3 unspecified atom stereocenters. The SMILES string of the molecule is CS(=O)(=O)C1CCCC(C(O)Cc2ccccc2)C1. The minimum absolute atomic E-state index is 0.105. The Morgan fingerprint density at radius 3 is 2.58 bits per heavy atom. The third kappa shape index (κ3) is 4.05. The summed E-state index contributed by atoms with van der Waals surface area (Å²) in [6.45, 7) is 0. The van der Waals surface area contributed by atoms with Gasteiger partial charge in [-0.1, -0.05) is 36.8 Å². The molecule has 0 aromatic heterocycles. The Morgan fingerprint density at radius 1 is 1.26 bits per heavy atom. The number of benzene rings is 1. The van der Waals surface area contributed by atoms with Crippen molar-refractivity contribution in [3.8, 4) is 0 Å². The van der Waals surface area contributed by atoms with E-state index in [0.29, 0.717) is 12.8 Å². The van der Waals surface area contributed by atoms with Crippen molar-refractivity contribution in [1.29, 1.82) is 0 Å². The van der Waals surface area contributed by atoms with E-state index in [1.54, 1.807) is 0 Å². The largest absolute Gasteiger partial charge is 0.392 e. The van der Waals surface area contributed by atoms with Crippen molar-refractivity contribution < 1.29 is 13.5 Å². The molecule has 0 amide bonds. The molecule has 3 nitrogen and oxygen atoms in total. The van der Waals surface area contributed by atoms with Crippen molar-refractivity contribution in [2.45, 2.75) is 43.5 Å². The lowest BCUT2D eigenvalue weighted by Crippen LogP contribution is -2.34. The second kappa shape index (κ2) is 6.06. The second-order valence-electron chi connectivity index (χ2n) is 5.64. The topological polar surface area (TPSA) is 54.4 Å². The Bertz CT molecular complexity index is 495. The molecule has 0 aliphatic heterocycles. The number of aliphatic hydroxyl groups is 1. The number of hydrogen-bond acceptors (Lipinski definition) is 3. The minimum atomic E-state index is -2.98. The normalized spacial score (nSPS) is 26.0. The lowest BCUT2D eigenvalue weighted by molar-refractivity contribution is 0.0859. The molecule has 1 aliphatic carbocycles. The van der Waals surface area contributed by atoms with Crippen molar-refractivity contribution in [3.63, 3.8) is 0 Å². The van der Waals surface area contributed by atoms with Crippen molar-refractivity contribution >= 4 is 9.84 Å². The molecule has 4 heteroatoms. The van der Waals surface area contributed by atoms with Crippen LogP contribution in [0.5, 0.6) is 0 Å². The maximum Gasteiger partial charge on any atom is 0.150 e. The van der Waals surface area contributed by atoms with Gasteiger partial charge in [-0.15, -0.1) is 0 Å². The van der Waals surface area contributed by atoms with E-state index >= 15 is 0 Å². The van der Waals surface area contributed by atoms with Gasteiger partial charge < -0.3 is 5.11 Å². The van der Waals surface area contributed by atoms with E-state index in [2.05, 4.69) is 0 Å². The van der Waals surface area contributed by atoms with E-state index in [-0.39, 0.29) is 11.2 Å². The highest BCUT2D eigenvalue weighted by molar-refractivity contribution is 7.91. The number of aliphatic hydroxyl groups excluding tert-OH is 1. The molecule has 0 bridgehead atoms. The molecule has 0 saturated heterocycles. The Hall–Kier alpha value is -0.870. The predicted molar refractivity (Wildman–Crippen MR) is 76.7 cm³/mol. The zero-order valence-electron chi connectivity index (χ0n) is 11.3. The fourth-order valence-corrected chi connectivity index (χ4v) is 4.13. The van der Waals surface area contributed by atoms with Gasteiger partial charge in [0.2, 0.25) is 0 Å². The van der Waals surface area contributed by atoms with Crippen LogP contribution in [-0.4, -0.2) is 31.1 Å². The first-order valence-corrected chi connectivity index (χ1v) is 8.83. The first-order chi connectivity index (χ1) is 8.97. The molecule has 2 rings (SSSR count). The molecule has 1 aromatic carbocycles. The first kappa shape index (κ1) is 14.5. The molecule has 0 radical (unpaired) electrons. The van der Waals surface area contributed by atoms with Crippen LogP contribution in [0.4, 0.5) is 0 Å². The van der Waals surface area contributed by atoms with Crippen LogP contribution < -0.4 is 0 Å². The van der Waals surface area contributed by atoms with E-state index in [0.717, 1.165) is 24.8 Å². The third-order valence-corrected chi connectivity index (χ3v) is 5.74. The molecule has 106 valence electrons. The van der Waals surface area contributed by atoms with Crippen LogP contribution in [0.25, 0.3) is 0 Å². The van der Waals surface area contributed by atoms with Crippen LogP contribution >= 0.6 is 0 Å². The predicted octanol–water partition coefficient (Wildman–Crippen LogP) is 2.19. The monoisotopic (exact) mass is 282 g/mol. The molecule has 1 saturated carbocycles. The van der Waals surface area contributed by atoms with Gasteiger partial charge in [-0.2, -0.15) is 0 Å². The summed E-state index contributed by atoms with van der Waals surface area (Å²) >= 11 is 0. The number of sulfone groups is 1. The third-order valence-electron chi connectivity index (χ3n) is 4.10. The van der Waals surface area contributed by atoms with Crippen LogP contribution in [-0.2, 0) is 16.3 Å². The van der Waals surface area contributed by atoms with Gasteiger partial charge in [0, 0.05) is 6.26 Å². The van der Waals surface area contributed by atoms with Gasteiger partial charge in [-0.25, -0.2) is 8.42 Å². The molecule has 1 aliphatic rings. The van der Waals surface area contributed by atoms with Gasteiger partial charge in [0.1, 0.15) is 9.84 Å². The van der Waals surface area contributed by atoms with Crippen LogP contribution in [0.2, 0.25) is 0 Å². The van der Waals surface area contributed by atoms with Gasteiger partial charge in [-0.3, -0.25) is 0 Å². The highest BCUT2D eigenvalue weighted by Crippen LogP contribution is 2.31. The number of rotatable bonds is 4. The lowest BCUT2D eigenvalue weighted by Gasteiger charge is -2.31. The summed E-state index contributed by atoms with van der Waals surface area (Å²) in [5.74, 6) is 0.105. The zero-order chi connectivity index (χ0) is 13.9. The average Bonchev–Trinajstić information content (AvgIpc) is 2.39. The molecular weight excluding hydrogens is 260 g/mol. The standard InChI is InChI=1S/C15H22O3S/c1-19(17,18)14-9-5-8-13(11-14)15(16)10-12-6-3-2-4-7-12/h2-4,6-7,13-16H,5,8-11H2,1H3. The van der Waals surface area contributed by atoms with Crippen molar-refractivity contribution in [2.24, 2.45) is 5.92 Å². The fourth-order valence-electron chi connectivity index (χ4n) is 2.94. The van der Waals surface area contributed by atoms with Gasteiger partial charge >= 0.3 is 0 Å². The Kier molecular flexibility index (Phi) is 4.63. The maximum absolute atomic E-state index is 11.6. The summed E-state index contributed by atoms with van der Waals surface area (Å²) in [5.41, 5.74) is 1.11. The summed E-state index contributed by atoms with van der Waals surface area (Å²) in [6.07, 6.45) is 4.66. The van der Waals surface area contributed by atoms with E-state index in [9.17, 15) is 13.5 Å². The Balaban J connectivity index is 1.98. The van der Waals surface area contributed by atoms with Gasteiger partial charge in [-0.05, 0) is 37.2 Å². The van der Waals surface area contributed by atoms with Crippen molar-refractivity contribution in [2.75, 3.05) is 6.26 Å². The molecular formula is C15H22O3S. The zero-order valence-corrected chi connectivity index (χ0v) is 12.1. The number of hydrogen-bond donors (Lipinski definition) is 1. The summed E-state index contributed by atoms with van der Waals surface area (Å²) in [5, 5.41) is 10.0. The molecule has 3 atom stereocenters. The molecule has 1 fully saturated rings. The highest BCUT2D eigenvalue weighted by Gasteiger charge is 2.32. The molecule has 0 spiro atoms. The quantitative estimate of drug-likeness (QED) is 0.921. The smallest absolute Gasteiger partial charge is 0.150 e. The maximum atomic E-state index is 11.6. The molecule has 19 heavy (non-hydrogen) atoms. The van der Waals surface area contributed by atoms with Gasteiger partial charge in [0.15, 0.2) is 0 Å². The second-order valence-corrected chi connectivity index (χ2v) is 7.96. The summed E-state index contributed by atoms with van der Waals surface area (Å²) in [6, 6.07) is 9.88. The summed E-state index contributed by atoms with van der Waals surface area (Å²) in [7, 11) is -2.98. The molecule has 0 heterocycles. The van der Waals surface area contributed by atoms with E-state index in [1.807, 2.05) is 30.3 Å². The van der Waals surface area contributed by atoms with Crippen LogP contribution in [0.15, 0.2) is 30.3 Å². The van der Waals surface area contributed by atoms with Crippen molar-refractivity contribution in [1.82, 2.24) is 0 Å². The van der Waals surface area contributed by atoms with Gasteiger partial charge in [0.25, 0.3) is 0 Å². The van der Waals surface area contributed by atoms with Crippen LogP contribution in [0.3, 0.4) is 0 Å². The highest BCUT2D eigenvalue weighted by atomic mass is 32.2. The summed E-state index contributed by atoms with van der Waals surface area (Å²) < 4.78 is 23.3. The lowest BCUT2D eigenvalue weighted by atomic mass is 9.83. The van der Waals surface area contributed by atoms with Crippen molar-refractivity contribution in [3.05, 3.63) is 35.9 Å². The summed E-state index contributed by atoms with van der Waals surface area (Å²) in [4.78, 5) is 0. The average molecular weight is 282 g/mol. The molecule has 1 aromatic rings. The van der Waals surface area contributed by atoms with Crippen LogP contribution in [0.1, 0.15) is 31.2 Å². The Morgan fingerprint density at radius 2 is 1.95 bits per heavy atom. The first-order valence-electron chi connectivity index (χ1n) is 6.87. The van der Waals surface area contributed by atoms with E-state index < -0.39 is 15.9 Å². The van der Waals surface area contributed by atoms with Gasteiger partial charge in [0.05, 0.1) is 11.4 Å². The minimum Gasteiger partial charge on any atom is -0.392 e. The fraction of sp³-hybridized carbons (Fsp3) is 0.600. The Labute approximate surface area is 115 Å².